The van der Waals surface area contributed by atoms with Crippen molar-refractivity contribution in [3.8, 4) is 0 Å². The van der Waals surface area contributed by atoms with Crippen molar-refractivity contribution in [3.05, 3.63) is 87.0 Å². The molecule has 3 aromatic carbocycles. The Hall–Kier alpha value is -3.43. The van der Waals surface area contributed by atoms with E-state index in [2.05, 4.69) is 10.0 Å². The highest BCUT2D eigenvalue weighted by Gasteiger charge is 2.20. The van der Waals surface area contributed by atoms with Gasteiger partial charge in [0.25, 0.3) is 15.9 Å². The number of nitrogens with one attached hydrogen (secondary N) is 2. The SMILES string of the molecule is CCn1c(=O)sc2cc(NC(=O)c3ccc(C)c(S(=O)(=O)Nc4ccccc4C)c3)ccc21. The lowest BCUT2D eigenvalue weighted by atomic mass is 10.1. The zero-order valence-electron chi connectivity index (χ0n) is 18.4. The van der Waals surface area contributed by atoms with E-state index in [-0.39, 0.29) is 15.3 Å². The second kappa shape index (κ2) is 8.84. The van der Waals surface area contributed by atoms with Gasteiger partial charge in [-0.05, 0) is 68.3 Å². The van der Waals surface area contributed by atoms with E-state index in [1.165, 1.54) is 6.07 Å². The van der Waals surface area contributed by atoms with Crippen molar-refractivity contribution in [2.24, 2.45) is 0 Å². The average Bonchev–Trinajstić information content (AvgIpc) is 3.09. The first-order valence-corrected chi connectivity index (χ1v) is 12.6. The highest BCUT2D eigenvalue weighted by Crippen LogP contribution is 2.25. The standard InChI is InChI=1S/C24H23N3O4S2/c1-4-27-20-12-11-18(14-21(20)32-24(27)29)25-23(28)17-10-9-16(3)22(13-17)33(30,31)26-19-8-6-5-7-15(19)2/h5-14,26H,4H2,1-3H3,(H,25,28). The van der Waals surface area contributed by atoms with Gasteiger partial charge in [-0.1, -0.05) is 35.6 Å². The van der Waals surface area contributed by atoms with Crippen LogP contribution in [0.15, 0.2) is 70.4 Å². The molecule has 0 saturated carbocycles. The van der Waals surface area contributed by atoms with Crippen LogP contribution in [0, 0.1) is 13.8 Å². The number of fused-ring (bicyclic) bond motifs is 1. The number of sulfonamides is 1. The fraction of sp³-hybridized carbons (Fsp3) is 0.167. The van der Waals surface area contributed by atoms with Crippen molar-refractivity contribution in [1.82, 2.24) is 4.57 Å². The van der Waals surface area contributed by atoms with Gasteiger partial charge in [0, 0.05) is 17.8 Å². The molecule has 0 aliphatic rings. The maximum atomic E-state index is 13.0. The van der Waals surface area contributed by atoms with E-state index in [1.54, 1.807) is 54.0 Å². The van der Waals surface area contributed by atoms with E-state index in [1.807, 2.05) is 26.0 Å². The molecule has 1 aromatic heterocycles. The second-order valence-corrected chi connectivity index (χ2v) is 10.3. The van der Waals surface area contributed by atoms with E-state index < -0.39 is 15.9 Å². The first-order chi connectivity index (χ1) is 15.7. The molecule has 33 heavy (non-hydrogen) atoms. The summed E-state index contributed by atoms with van der Waals surface area (Å²) in [5.41, 5.74) is 3.36. The van der Waals surface area contributed by atoms with Crippen LogP contribution >= 0.6 is 11.3 Å². The minimum Gasteiger partial charge on any atom is -0.322 e. The quantitative estimate of drug-likeness (QED) is 0.415. The minimum atomic E-state index is -3.89. The Kier molecular flexibility index (Phi) is 6.09. The third-order valence-electron chi connectivity index (χ3n) is 5.37. The molecule has 1 heterocycles. The van der Waals surface area contributed by atoms with Gasteiger partial charge in [0.05, 0.1) is 20.8 Å². The van der Waals surface area contributed by atoms with Crippen LogP contribution < -0.4 is 14.9 Å². The number of rotatable bonds is 6. The van der Waals surface area contributed by atoms with Gasteiger partial charge in [0.2, 0.25) is 0 Å². The Morgan fingerprint density at radius 2 is 1.76 bits per heavy atom. The summed E-state index contributed by atoms with van der Waals surface area (Å²) in [6, 6.07) is 16.9. The summed E-state index contributed by atoms with van der Waals surface area (Å²) in [5, 5.41) is 2.80. The van der Waals surface area contributed by atoms with Crippen molar-refractivity contribution >= 4 is 48.9 Å². The number of anilines is 2. The summed E-state index contributed by atoms with van der Waals surface area (Å²) in [6.45, 7) is 5.97. The molecule has 0 unspecified atom stereocenters. The van der Waals surface area contributed by atoms with Crippen LogP contribution in [0.5, 0.6) is 0 Å². The van der Waals surface area contributed by atoms with E-state index >= 15 is 0 Å². The molecule has 0 atom stereocenters. The van der Waals surface area contributed by atoms with E-state index in [4.69, 9.17) is 0 Å². The maximum absolute atomic E-state index is 13.0. The van der Waals surface area contributed by atoms with Crippen LogP contribution in [0.1, 0.15) is 28.4 Å². The number of aryl methyl sites for hydroxylation is 3. The van der Waals surface area contributed by atoms with Crippen LogP contribution in [0.4, 0.5) is 11.4 Å². The molecule has 0 bridgehead atoms. The van der Waals surface area contributed by atoms with Gasteiger partial charge >= 0.3 is 4.87 Å². The smallest absolute Gasteiger partial charge is 0.308 e. The van der Waals surface area contributed by atoms with Crippen molar-refractivity contribution in [3.63, 3.8) is 0 Å². The molecule has 0 aliphatic carbocycles. The fourth-order valence-corrected chi connectivity index (χ4v) is 5.96. The highest BCUT2D eigenvalue weighted by atomic mass is 32.2. The number of nitrogens with zero attached hydrogens (tertiary/aromatic N) is 1. The van der Waals surface area contributed by atoms with Crippen LogP contribution in [0.25, 0.3) is 10.2 Å². The van der Waals surface area contributed by atoms with Gasteiger partial charge in [-0.25, -0.2) is 8.42 Å². The number of benzene rings is 3. The Bertz CT molecular complexity index is 1540. The van der Waals surface area contributed by atoms with Crippen LogP contribution in [0.3, 0.4) is 0 Å². The van der Waals surface area contributed by atoms with E-state index in [9.17, 15) is 18.0 Å². The van der Waals surface area contributed by atoms with Crippen LogP contribution in [0.2, 0.25) is 0 Å². The number of carbonyl (C=O) groups excluding carboxylic acids is 1. The first kappa shape index (κ1) is 22.8. The molecular formula is C24H23N3O4S2. The third kappa shape index (κ3) is 4.55. The normalized spacial score (nSPS) is 11.5. The number of hydrogen-bond donors (Lipinski definition) is 2. The van der Waals surface area contributed by atoms with Gasteiger partial charge < -0.3 is 5.32 Å². The highest BCUT2D eigenvalue weighted by molar-refractivity contribution is 7.92. The van der Waals surface area contributed by atoms with Crippen molar-refractivity contribution in [2.45, 2.75) is 32.2 Å². The molecule has 0 saturated heterocycles. The Morgan fingerprint density at radius 1 is 1.00 bits per heavy atom. The van der Waals surface area contributed by atoms with Crippen molar-refractivity contribution < 1.29 is 13.2 Å². The number of amides is 1. The Morgan fingerprint density at radius 3 is 2.48 bits per heavy atom. The molecule has 7 nitrogen and oxygen atoms in total. The van der Waals surface area contributed by atoms with E-state index in [0.29, 0.717) is 23.5 Å². The molecule has 0 fully saturated rings. The number of thiazole rings is 1. The lowest BCUT2D eigenvalue weighted by molar-refractivity contribution is 0.102. The van der Waals surface area contributed by atoms with Gasteiger partial charge in [-0.2, -0.15) is 0 Å². The predicted octanol–water partition coefficient (Wildman–Crippen LogP) is 4.75. The number of carbonyl (C=O) groups is 1. The summed E-state index contributed by atoms with van der Waals surface area (Å²) in [4.78, 5) is 24.9. The number of aromatic nitrogens is 1. The molecule has 170 valence electrons. The largest absolute Gasteiger partial charge is 0.322 e. The molecule has 4 aromatic rings. The Labute approximate surface area is 195 Å². The van der Waals surface area contributed by atoms with Crippen molar-refractivity contribution in [1.29, 1.82) is 0 Å². The van der Waals surface area contributed by atoms with Gasteiger partial charge in [-0.3, -0.25) is 18.9 Å². The summed E-state index contributed by atoms with van der Waals surface area (Å²) in [5.74, 6) is -0.441. The predicted molar refractivity (Wildman–Crippen MR) is 133 cm³/mol. The van der Waals surface area contributed by atoms with E-state index in [0.717, 1.165) is 27.1 Å². The molecule has 1 amide bonds. The molecule has 9 heteroatoms. The van der Waals surface area contributed by atoms with Gasteiger partial charge in [0.1, 0.15) is 0 Å². The van der Waals surface area contributed by atoms with Gasteiger partial charge in [-0.15, -0.1) is 0 Å². The first-order valence-electron chi connectivity index (χ1n) is 10.3. The third-order valence-corrected chi connectivity index (χ3v) is 7.82. The monoisotopic (exact) mass is 481 g/mol. The lowest BCUT2D eigenvalue weighted by Gasteiger charge is -2.13. The number of para-hydroxylation sites is 1. The molecule has 0 radical (unpaired) electrons. The second-order valence-electron chi connectivity index (χ2n) is 7.65. The molecule has 2 N–H and O–H groups in total. The number of hydrogen-bond acceptors (Lipinski definition) is 5. The minimum absolute atomic E-state index is 0.0343. The average molecular weight is 482 g/mol. The van der Waals surface area contributed by atoms with Crippen LogP contribution in [-0.2, 0) is 16.6 Å². The lowest BCUT2D eigenvalue weighted by Crippen LogP contribution is -2.17. The zero-order chi connectivity index (χ0) is 23.8. The van der Waals surface area contributed by atoms with Crippen LogP contribution in [-0.4, -0.2) is 18.9 Å². The molecular weight excluding hydrogens is 458 g/mol. The summed E-state index contributed by atoms with van der Waals surface area (Å²) < 4.78 is 31.1. The molecule has 0 spiro atoms. The topological polar surface area (TPSA) is 97.3 Å². The summed E-state index contributed by atoms with van der Waals surface area (Å²) >= 11 is 1.12. The Balaban J connectivity index is 1.62. The molecule has 4 rings (SSSR count). The molecule has 0 aliphatic heterocycles. The summed E-state index contributed by atoms with van der Waals surface area (Å²) in [7, 11) is -3.89. The van der Waals surface area contributed by atoms with Gasteiger partial charge in [0.15, 0.2) is 0 Å². The maximum Gasteiger partial charge on any atom is 0.308 e. The zero-order valence-corrected chi connectivity index (χ0v) is 20.0. The fourth-order valence-electron chi connectivity index (χ4n) is 3.56. The van der Waals surface area contributed by atoms with Crippen molar-refractivity contribution in [2.75, 3.05) is 10.0 Å². The summed E-state index contributed by atoms with van der Waals surface area (Å²) in [6.07, 6.45) is 0.